The van der Waals surface area contributed by atoms with Gasteiger partial charge in [-0.05, 0) is 0 Å². The van der Waals surface area contributed by atoms with Crippen molar-refractivity contribution in [2.24, 2.45) is 0 Å². The van der Waals surface area contributed by atoms with E-state index >= 15 is 0 Å². The van der Waals surface area contributed by atoms with E-state index in [-0.39, 0.29) is 34.9 Å². The van der Waals surface area contributed by atoms with Gasteiger partial charge in [-0.25, -0.2) is 0 Å². The van der Waals surface area contributed by atoms with E-state index < -0.39 is 65.2 Å². The predicted octanol–water partition coefficient (Wildman–Crippen LogP) is -2.32. The third-order valence-electron chi connectivity index (χ3n) is 1.74. The number of hydrogen-bond donors (Lipinski definition) is 2. The number of alkyl halides is 1. The molecule has 0 heterocycles. The first-order chi connectivity index (χ1) is 12.5. The Bertz CT molecular complexity index is 543. The maximum Gasteiger partial charge on any atom is 0.0511 e. The van der Waals surface area contributed by atoms with Gasteiger partial charge in [0, 0.05) is 4.43 Å². The van der Waals surface area contributed by atoms with Crippen LogP contribution in [-0.2, 0) is 22.9 Å². The summed E-state index contributed by atoms with van der Waals surface area (Å²) in [5.74, 6) is -4.48. The quantitative estimate of drug-likeness (QED) is 0.160. The number of carbonyl (C=O) groups is 4. The van der Waals surface area contributed by atoms with Gasteiger partial charge >= 0.3 is 151 Å². The normalized spacial score (nSPS) is 9.97. The molecule has 0 atom stereocenters. The minimum absolute atomic E-state index is 0. The Morgan fingerprint density at radius 3 is 1.03 bits per heavy atom. The van der Waals surface area contributed by atoms with E-state index in [4.69, 9.17) is 8.19 Å². The molecule has 0 radical (unpaired) electrons. The SMILES string of the molecule is C.C.C[As+](C)(CC(=O)[O-])CC(=O)[O-].C[As+](C)(O)CC(=O)[O-].C[As](C)(=O)O.O=C([O-])CI. The van der Waals surface area contributed by atoms with Crippen molar-refractivity contribution in [3.63, 3.8) is 0 Å². The minimum atomic E-state index is -3.12. The van der Waals surface area contributed by atoms with E-state index in [2.05, 4.69) is 0 Å². The topological polar surface area (TPSA) is 218 Å². The summed E-state index contributed by atoms with van der Waals surface area (Å²) in [6.45, 7) is 0. The van der Waals surface area contributed by atoms with Crippen molar-refractivity contribution in [3.05, 3.63) is 0 Å². The van der Waals surface area contributed by atoms with Crippen LogP contribution in [-0.4, -0.2) is 77.8 Å². The molecular formula is C16H36As3IO11-2. The first kappa shape index (κ1) is 44.6. The smallest absolute Gasteiger partial charge is 0.0511 e. The maximum absolute atomic E-state index is 10.1. The van der Waals surface area contributed by atoms with Crippen LogP contribution < -0.4 is 20.4 Å². The van der Waals surface area contributed by atoms with Crippen molar-refractivity contribution in [1.29, 1.82) is 0 Å². The number of carboxylic acid groups (broad SMARTS) is 4. The minimum Gasteiger partial charge on any atom is -0.549 e. The zero-order valence-electron chi connectivity index (χ0n) is 17.1. The summed E-state index contributed by atoms with van der Waals surface area (Å²) < 4.78 is 27.0. The number of rotatable bonds is 7. The second-order valence-corrected chi connectivity index (χ2v) is 30.1. The van der Waals surface area contributed by atoms with Gasteiger partial charge in [0.05, 0.1) is 5.97 Å². The predicted molar refractivity (Wildman–Crippen MR) is 124 cm³/mol. The van der Waals surface area contributed by atoms with Crippen molar-refractivity contribution in [2.75, 3.05) is 4.43 Å². The molecule has 11 nitrogen and oxygen atoms in total. The van der Waals surface area contributed by atoms with Crippen molar-refractivity contribution < 1.29 is 51.5 Å². The summed E-state index contributed by atoms with van der Waals surface area (Å²) in [7, 11) is 0. The molecule has 0 spiro atoms. The van der Waals surface area contributed by atoms with Crippen LogP contribution in [0.2, 0.25) is 49.9 Å². The maximum atomic E-state index is 10.1. The molecule has 190 valence electrons. The molecule has 0 unspecified atom stereocenters. The number of hydrogen-bond acceptors (Lipinski definition) is 10. The van der Waals surface area contributed by atoms with Crippen LogP contribution in [0.5, 0.6) is 0 Å². The monoisotopic (exact) mass is 756 g/mol. The molecule has 0 aromatic carbocycles. The Morgan fingerprint density at radius 1 is 0.774 bits per heavy atom. The van der Waals surface area contributed by atoms with E-state index in [1.54, 1.807) is 45.4 Å². The molecular weight excluding hydrogens is 720 g/mol. The second kappa shape index (κ2) is 21.8. The standard InChI is InChI=1S/C6H11AsO4.C4H9AsO3.C2H7AsO2.C2H3IO2.2CH4/c1-7(2,3-5(8)9)4-6(10)11;1-5(2,8)3-4(6)7;1-3(2,4)5;3-1-2(4)5;;/h3-4H2,1-2H3,(H-,8,9,10,11);8H,3H2,1-2H3;1-2H3,(H,4,5);1H2,(H,4,5);2*1H4/p-2. The molecule has 0 aliphatic heterocycles. The summed E-state index contributed by atoms with van der Waals surface area (Å²) >= 11 is -6.57. The Kier molecular flexibility index (Phi) is 31.4. The van der Waals surface area contributed by atoms with Crippen LogP contribution >= 0.6 is 22.6 Å². The van der Waals surface area contributed by atoms with Gasteiger partial charge < -0.3 is 9.90 Å². The van der Waals surface area contributed by atoms with Gasteiger partial charge in [0.25, 0.3) is 0 Å². The first-order valence-corrected chi connectivity index (χ1v) is 26.7. The fraction of sp³-hybridized carbons (Fsp3) is 0.750. The fourth-order valence-electron chi connectivity index (χ4n) is 1.07. The number of carbonyl (C=O) groups excluding carboxylic acids is 4. The van der Waals surface area contributed by atoms with Gasteiger partial charge in [0.2, 0.25) is 0 Å². The van der Waals surface area contributed by atoms with Crippen molar-refractivity contribution in [3.8, 4) is 0 Å². The molecule has 0 bridgehead atoms. The summed E-state index contributed by atoms with van der Waals surface area (Å²) in [5.41, 5.74) is 9.33. The molecule has 15 heteroatoms. The third kappa shape index (κ3) is 81.4. The molecule has 0 saturated heterocycles. The van der Waals surface area contributed by atoms with Crippen molar-refractivity contribution in [2.45, 2.75) is 64.7 Å². The molecule has 31 heavy (non-hydrogen) atoms. The Hall–Kier alpha value is 0.00532. The van der Waals surface area contributed by atoms with E-state index in [0.29, 0.717) is 0 Å². The van der Waals surface area contributed by atoms with E-state index in [0.717, 1.165) is 0 Å². The number of aliphatic carboxylic acids is 4. The van der Waals surface area contributed by atoms with Crippen LogP contribution in [0.4, 0.5) is 0 Å². The molecule has 0 aromatic heterocycles. The summed E-state index contributed by atoms with van der Waals surface area (Å²) in [6.07, 6.45) is 0. The van der Waals surface area contributed by atoms with Crippen LogP contribution in [0.1, 0.15) is 14.9 Å². The van der Waals surface area contributed by atoms with Gasteiger partial charge in [-0.3, -0.25) is 0 Å². The summed E-state index contributed by atoms with van der Waals surface area (Å²) in [4.78, 5) is 39.3. The van der Waals surface area contributed by atoms with Crippen LogP contribution in [0, 0.1) is 0 Å². The van der Waals surface area contributed by atoms with E-state index in [9.17, 15) is 43.3 Å². The Morgan fingerprint density at radius 2 is 0.968 bits per heavy atom. The van der Waals surface area contributed by atoms with Gasteiger partial charge in [0.1, 0.15) is 0 Å². The second-order valence-electron chi connectivity index (χ2n) is 6.95. The zero-order valence-corrected chi connectivity index (χ0v) is 24.9. The largest absolute Gasteiger partial charge is 0.549 e. The third-order valence-corrected chi connectivity index (χ3v) is 9.20. The van der Waals surface area contributed by atoms with E-state index in [1.807, 2.05) is 0 Å². The van der Waals surface area contributed by atoms with Crippen LogP contribution in [0.3, 0.4) is 0 Å². The van der Waals surface area contributed by atoms with Gasteiger partial charge in [-0.2, -0.15) is 0 Å². The van der Waals surface area contributed by atoms with E-state index in [1.165, 1.54) is 11.4 Å². The summed E-state index contributed by atoms with van der Waals surface area (Å²) in [5, 5.41) is 38.9. The Balaban J connectivity index is -0.0000000695. The van der Waals surface area contributed by atoms with Gasteiger partial charge in [0.15, 0.2) is 0 Å². The number of carboxylic acids is 4. The molecule has 0 aliphatic carbocycles. The number of halogens is 1. The van der Waals surface area contributed by atoms with Crippen LogP contribution in [0.15, 0.2) is 0 Å². The van der Waals surface area contributed by atoms with Gasteiger partial charge in [-0.1, -0.05) is 37.4 Å². The van der Waals surface area contributed by atoms with Crippen molar-refractivity contribution in [1.82, 2.24) is 0 Å². The first-order valence-electron chi connectivity index (χ1n) is 7.53. The van der Waals surface area contributed by atoms with Crippen molar-refractivity contribution >= 4 is 87.7 Å². The molecule has 0 amide bonds. The Labute approximate surface area is 207 Å². The molecule has 0 aliphatic rings. The molecule has 0 saturated carbocycles. The summed E-state index contributed by atoms with van der Waals surface area (Å²) in [6, 6.07) is 0. The van der Waals surface area contributed by atoms with Crippen LogP contribution in [0.25, 0.3) is 0 Å². The van der Waals surface area contributed by atoms with Gasteiger partial charge in [-0.15, -0.1) is 0 Å². The average Bonchev–Trinajstić information content (AvgIpc) is 2.31. The zero-order chi connectivity index (χ0) is 24.6. The molecule has 2 N–H and O–H groups in total. The molecule has 0 fully saturated rings. The fourth-order valence-corrected chi connectivity index (χ4v) is 5.56. The average molecular weight is 756 g/mol. The molecule has 0 rings (SSSR count). The molecule has 0 aromatic rings.